The van der Waals surface area contributed by atoms with Crippen molar-refractivity contribution in [3.05, 3.63) is 146 Å². The first-order valence-corrected chi connectivity index (χ1v) is 13.7. The maximum absolute atomic E-state index is 15.3. The maximum Gasteiger partial charge on any atom is 0.173 e. The fraction of sp³-hybridized carbons (Fsp3) is 0. The Morgan fingerprint density at radius 1 is 0.500 bits per heavy atom. The summed E-state index contributed by atoms with van der Waals surface area (Å²) < 4.78 is 15.3. The molecule has 0 radical (unpaired) electrons. The Morgan fingerprint density at radius 3 is 1.56 bits per heavy atom. The van der Waals surface area contributed by atoms with Crippen LogP contribution >= 0.6 is 7.14 Å². The lowest BCUT2D eigenvalue weighted by molar-refractivity contribution is 0.592. The van der Waals surface area contributed by atoms with Crippen LogP contribution < -0.4 is 15.9 Å². The van der Waals surface area contributed by atoms with E-state index in [0.29, 0.717) is 0 Å². The van der Waals surface area contributed by atoms with E-state index in [-0.39, 0.29) is 0 Å². The largest absolute Gasteiger partial charge is 0.309 e. The normalized spacial score (nSPS) is 11.4. The van der Waals surface area contributed by atoms with Gasteiger partial charge in [0.15, 0.2) is 7.14 Å². The van der Waals surface area contributed by atoms with E-state index in [9.17, 15) is 0 Å². The molecule has 0 aliphatic rings. The second kappa shape index (κ2) is 9.41. The fourth-order valence-corrected chi connectivity index (χ4v) is 7.61. The van der Waals surface area contributed by atoms with Crippen LogP contribution in [0.1, 0.15) is 0 Å². The quantitative estimate of drug-likeness (QED) is 0.244. The lowest BCUT2D eigenvalue weighted by Crippen LogP contribution is -2.26. The first-order chi connectivity index (χ1) is 17.7. The molecule has 2 nitrogen and oxygen atoms in total. The molecule has 172 valence electrons. The molecule has 3 heteroatoms. The minimum absolute atomic E-state index is 0.757. The van der Waals surface area contributed by atoms with Crippen molar-refractivity contribution in [2.24, 2.45) is 0 Å². The van der Waals surface area contributed by atoms with Crippen LogP contribution in [0.2, 0.25) is 0 Å². The summed E-state index contributed by atoms with van der Waals surface area (Å²) in [5.41, 5.74) is 4.85. The van der Waals surface area contributed by atoms with Crippen molar-refractivity contribution >= 4 is 34.0 Å². The van der Waals surface area contributed by atoms with E-state index >= 15 is 4.57 Å². The van der Waals surface area contributed by atoms with Gasteiger partial charge in [0.1, 0.15) is 0 Å². The van der Waals surface area contributed by atoms with Gasteiger partial charge in [0.2, 0.25) is 0 Å². The summed E-state index contributed by atoms with van der Waals surface area (Å²) in [5.74, 6) is 0. The molecule has 0 saturated carbocycles. The zero-order chi connectivity index (χ0) is 24.4. The Kier molecular flexibility index (Phi) is 5.81. The second-order valence-corrected chi connectivity index (χ2v) is 11.5. The van der Waals surface area contributed by atoms with E-state index in [0.717, 1.165) is 49.2 Å². The molecule has 1 aromatic heterocycles. The Labute approximate surface area is 211 Å². The van der Waals surface area contributed by atoms with E-state index in [2.05, 4.69) is 36.4 Å². The number of para-hydroxylation sites is 1. The van der Waals surface area contributed by atoms with Gasteiger partial charge in [-0.3, -0.25) is 0 Å². The molecule has 6 rings (SSSR count). The molecular weight excluding hydrogens is 457 g/mol. The molecule has 0 N–H and O–H groups in total. The molecule has 0 aliphatic carbocycles. The van der Waals surface area contributed by atoms with Gasteiger partial charge in [0.25, 0.3) is 0 Å². The van der Waals surface area contributed by atoms with Crippen LogP contribution in [-0.4, -0.2) is 4.98 Å². The highest BCUT2D eigenvalue weighted by Gasteiger charge is 2.32. The molecule has 36 heavy (non-hydrogen) atoms. The van der Waals surface area contributed by atoms with E-state index < -0.39 is 7.14 Å². The number of nitrogens with zero attached hydrogens (tertiary/aromatic N) is 1. The van der Waals surface area contributed by atoms with Crippen LogP contribution in [0, 0.1) is 0 Å². The minimum Gasteiger partial charge on any atom is -0.309 e. The van der Waals surface area contributed by atoms with Gasteiger partial charge in [-0.1, -0.05) is 133 Å². The van der Waals surface area contributed by atoms with Crippen LogP contribution in [0.5, 0.6) is 0 Å². The molecule has 6 aromatic rings. The van der Waals surface area contributed by atoms with Crippen LogP contribution in [0.15, 0.2) is 146 Å². The summed E-state index contributed by atoms with van der Waals surface area (Å²) in [7, 11) is -3.21. The Balaban J connectivity index is 1.73. The van der Waals surface area contributed by atoms with Gasteiger partial charge in [-0.2, -0.15) is 0 Å². The zero-order valence-corrected chi connectivity index (χ0v) is 20.6. The first kappa shape index (κ1) is 22.2. The number of benzene rings is 5. The maximum atomic E-state index is 15.3. The molecule has 0 unspecified atom stereocenters. The van der Waals surface area contributed by atoms with Gasteiger partial charge >= 0.3 is 0 Å². The monoisotopic (exact) mass is 481 g/mol. The fourth-order valence-electron chi connectivity index (χ4n) is 4.80. The molecule has 5 aromatic carbocycles. The Bertz CT molecular complexity index is 1640. The number of aromatic nitrogens is 1. The number of pyridine rings is 1. The van der Waals surface area contributed by atoms with Crippen molar-refractivity contribution in [1.82, 2.24) is 4.98 Å². The van der Waals surface area contributed by atoms with Gasteiger partial charge in [-0.25, -0.2) is 4.98 Å². The van der Waals surface area contributed by atoms with Crippen molar-refractivity contribution in [3.8, 4) is 22.4 Å². The average molecular weight is 482 g/mol. The molecule has 0 bridgehead atoms. The number of fused-ring (bicyclic) bond motifs is 1. The van der Waals surface area contributed by atoms with Crippen LogP contribution in [0.4, 0.5) is 0 Å². The smallest absolute Gasteiger partial charge is 0.173 e. The third kappa shape index (κ3) is 3.86. The summed E-state index contributed by atoms with van der Waals surface area (Å²) in [6.07, 6.45) is 0. The van der Waals surface area contributed by atoms with Crippen LogP contribution in [0.25, 0.3) is 33.3 Å². The van der Waals surface area contributed by atoms with E-state index in [4.69, 9.17) is 4.98 Å². The van der Waals surface area contributed by atoms with E-state index in [1.165, 1.54) is 0 Å². The first-order valence-electron chi connectivity index (χ1n) is 12.0. The number of hydrogen-bond acceptors (Lipinski definition) is 2. The third-order valence-electron chi connectivity index (χ3n) is 6.55. The highest BCUT2D eigenvalue weighted by atomic mass is 31.2. The standard InChI is InChI=1S/C33H24NOP/c35-36(27-18-9-3-10-19-27,28-20-11-4-12-21-28)32-23-13-22-29-30(25-14-5-1-6-15-25)24-31(34-33(29)32)26-16-7-2-8-17-26/h1-24H. The van der Waals surface area contributed by atoms with Gasteiger partial charge < -0.3 is 4.57 Å². The van der Waals surface area contributed by atoms with Crippen LogP contribution in [0.3, 0.4) is 0 Å². The van der Waals surface area contributed by atoms with Gasteiger partial charge in [0, 0.05) is 26.9 Å². The highest BCUT2D eigenvalue weighted by molar-refractivity contribution is 7.85. The Hall–Kier alpha value is -4.26. The molecule has 0 saturated heterocycles. The summed E-state index contributed by atoms with van der Waals surface area (Å²) >= 11 is 0. The van der Waals surface area contributed by atoms with Gasteiger partial charge in [-0.05, 0) is 23.3 Å². The van der Waals surface area contributed by atoms with Crippen LogP contribution in [-0.2, 0) is 4.57 Å². The predicted octanol–water partition coefficient (Wildman–Crippen LogP) is 7.21. The SMILES string of the molecule is O=P(c1ccccc1)(c1ccccc1)c1cccc2c(-c3ccccc3)cc(-c3ccccc3)nc12. The summed E-state index contributed by atoms with van der Waals surface area (Å²) in [6.45, 7) is 0. The van der Waals surface area contributed by atoms with Gasteiger partial charge in [0.05, 0.1) is 11.2 Å². The van der Waals surface area contributed by atoms with Crippen molar-refractivity contribution in [2.45, 2.75) is 0 Å². The van der Waals surface area contributed by atoms with E-state index in [1.54, 1.807) is 0 Å². The third-order valence-corrected chi connectivity index (χ3v) is 9.64. The molecular formula is C33H24NOP. The zero-order valence-electron chi connectivity index (χ0n) is 19.7. The van der Waals surface area contributed by atoms with Crippen molar-refractivity contribution in [1.29, 1.82) is 0 Å². The topological polar surface area (TPSA) is 30.0 Å². The lowest BCUT2D eigenvalue weighted by Gasteiger charge is -2.22. The minimum atomic E-state index is -3.21. The molecule has 1 heterocycles. The van der Waals surface area contributed by atoms with Crippen molar-refractivity contribution in [2.75, 3.05) is 0 Å². The summed E-state index contributed by atoms with van der Waals surface area (Å²) in [4.78, 5) is 5.18. The summed E-state index contributed by atoms with van der Waals surface area (Å²) in [6, 6.07) is 48.3. The molecule has 0 atom stereocenters. The molecule has 0 spiro atoms. The number of rotatable bonds is 5. The Morgan fingerprint density at radius 2 is 1.00 bits per heavy atom. The summed E-state index contributed by atoms with van der Waals surface area (Å²) in [5, 5.41) is 3.35. The highest BCUT2D eigenvalue weighted by Crippen LogP contribution is 2.45. The van der Waals surface area contributed by atoms with Gasteiger partial charge in [-0.15, -0.1) is 0 Å². The van der Waals surface area contributed by atoms with Crippen molar-refractivity contribution < 1.29 is 4.57 Å². The lowest BCUT2D eigenvalue weighted by atomic mass is 9.98. The molecule has 0 amide bonds. The van der Waals surface area contributed by atoms with E-state index in [1.807, 2.05) is 109 Å². The average Bonchev–Trinajstić information content (AvgIpc) is 2.97. The second-order valence-electron chi connectivity index (χ2n) is 8.74. The predicted molar refractivity (Wildman–Crippen MR) is 152 cm³/mol. The number of hydrogen-bond donors (Lipinski definition) is 0. The molecule has 0 aliphatic heterocycles. The molecule has 0 fully saturated rings. The van der Waals surface area contributed by atoms with Crippen molar-refractivity contribution in [3.63, 3.8) is 0 Å².